The Labute approximate surface area is 111 Å². The molecule has 106 valence electrons. The first kappa shape index (κ1) is 15.4. The largest absolute Gasteiger partial charge is 0.355 e. The minimum atomic E-state index is 0.159. The molecule has 4 heteroatoms. The summed E-state index contributed by atoms with van der Waals surface area (Å²) < 4.78 is 0. The van der Waals surface area contributed by atoms with Gasteiger partial charge >= 0.3 is 0 Å². The molecule has 1 aliphatic heterocycles. The predicted molar refractivity (Wildman–Crippen MR) is 75.3 cm³/mol. The molecule has 0 aliphatic carbocycles. The van der Waals surface area contributed by atoms with E-state index in [0.29, 0.717) is 30.8 Å². The second-order valence-electron chi connectivity index (χ2n) is 6.02. The first-order valence-corrected chi connectivity index (χ1v) is 7.20. The number of likely N-dealkylation sites (tertiary alicyclic amines) is 1. The van der Waals surface area contributed by atoms with Gasteiger partial charge in [0.25, 0.3) is 0 Å². The Balaban J connectivity index is 2.23. The lowest BCUT2D eigenvalue weighted by Crippen LogP contribution is -2.39. The number of amides is 1. The lowest BCUT2D eigenvalue weighted by atomic mass is 9.94. The maximum absolute atomic E-state index is 11.9. The van der Waals surface area contributed by atoms with Crippen molar-refractivity contribution in [3.05, 3.63) is 0 Å². The number of carbonyl (C=O) groups is 1. The van der Waals surface area contributed by atoms with Crippen molar-refractivity contribution in [3.8, 4) is 0 Å². The highest BCUT2D eigenvalue weighted by Crippen LogP contribution is 2.15. The van der Waals surface area contributed by atoms with Crippen molar-refractivity contribution >= 4 is 5.91 Å². The average molecular weight is 255 g/mol. The molecule has 0 radical (unpaired) electrons. The Morgan fingerprint density at radius 3 is 2.72 bits per heavy atom. The molecule has 0 aromatic carbocycles. The summed E-state index contributed by atoms with van der Waals surface area (Å²) in [5.41, 5.74) is 5.72. The maximum Gasteiger partial charge on any atom is 0.220 e. The molecule has 0 spiro atoms. The van der Waals surface area contributed by atoms with Gasteiger partial charge in [0.15, 0.2) is 0 Å². The number of rotatable bonds is 7. The first-order valence-electron chi connectivity index (χ1n) is 7.20. The zero-order valence-electron chi connectivity index (χ0n) is 12.1. The van der Waals surface area contributed by atoms with E-state index in [1.54, 1.807) is 0 Å². The molecule has 18 heavy (non-hydrogen) atoms. The van der Waals surface area contributed by atoms with E-state index in [2.05, 4.69) is 31.1 Å². The second kappa shape index (κ2) is 7.74. The molecule has 1 unspecified atom stereocenters. The standard InChI is InChI=1S/C14H29N3O/c1-11(2)7-12(9-15)8-14(18)16-10-13-5-4-6-17(13)3/h11-13H,4-10,15H2,1-3H3,(H,16,18)/t12-,13?/m0/s1. The zero-order chi connectivity index (χ0) is 13.5. The van der Waals surface area contributed by atoms with Crippen LogP contribution in [0.15, 0.2) is 0 Å². The molecule has 1 aliphatic rings. The van der Waals surface area contributed by atoms with Gasteiger partial charge in [0.1, 0.15) is 0 Å². The van der Waals surface area contributed by atoms with E-state index in [4.69, 9.17) is 5.73 Å². The highest BCUT2D eigenvalue weighted by molar-refractivity contribution is 5.76. The summed E-state index contributed by atoms with van der Waals surface area (Å²) in [6, 6.07) is 0.523. The molecule has 1 rings (SSSR count). The van der Waals surface area contributed by atoms with Gasteiger partial charge in [-0.1, -0.05) is 13.8 Å². The van der Waals surface area contributed by atoms with Gasteiger partial charge < -0.3 is 16.0 Å². The van der Waals surface area contributed by atoms with Crippen LogP contribution in [0.4, 0.5) is 0 Å². The Kier molecular flexibility index (Phi) is 6.65. The second-order valence-corrected chi connectivity index (χ2v) is 6.02. The van der Waals surface area contributed by atoms with E-state index < -0.39 is 0 Å². The SMILES string of the molecule is CC(C)C[C@H](CN)CC(=O)NCC1CCCN1C. The molecular weight excluding hydrogens is 226 g/mol. The van der Waals surface area contributed by atoms with Gasteiger partial charge in [0.05, 0.1) is 0 Å². The number of carbonyl (C=O) groups excluding carboxylic acids is 1. The van der Waals surface area contributed by atoms with Crippen LogP contribution in [-0.4, -0.2) is 43.5 Å². The maximum atomic E-state index is 11.9. The third-order valence-electron chi connectivity index (χ3n) is 3.82. The zero-order valence-corrected chi connectivity index (χ0v) is 12.1. The third kappa shape index (κ3) is 5.36. The van der Waals surface area contributed by atoms with Crippen LogP contribution in [0.2, 0.25) is 0 Å². The topological polar surface area (TPSA) is 58.4 Å². The van der Waals surface area contributed by atoms with Crippen LogP contribution in [0.5, 0.6) is 0 Å². The van der Waals surface area contributed by atoms with Gasteiger partial charge in [-0.05, 0) is 51.2 Å². The van der Waals surface area contributed by atoms with Gasteiger partial charge in [-0.15, -0.1) is 0 Å². The lowest BCUT2D eigenvalue weighted by Gasteiger charge is -2.21. The fourth-order valence-electron chi connectivity index (χ4n) is 2.73. The van der Waals surface area contributed by atoms with Crippen molar-refractivity contribution in [2.45, 2.75) is 45.6 Å². The van der Waals surface area contributed by atoms with Crippen LogP contribution in [0.25, 0.3) is 0 Å². The molecule has 0 bridgehead atoms. The van der Waals surface area contributed by atoms with Gasteiger partial charge in [0, 0.05) is 19.0 Å². The van der Waals surface area contributed by atoms with Crippen molar-refractivity contribution in [1.82, 2.24) is 10.2 Å². The van der Waals surface area contributed by atoms with Gasteiger partial charge in [-0.25, -0.2) is 0 Å². The molecule has 3 N–H and O–H groups in total. The molecule has 1 fully saturated rings. The lowest BCUT2D eigenvalue weighted by molar-refractivity contribution is -0.122. The van der Waals surface area contributed by atoms with Crippen LogP contribution < -0.4 is 11.1 Å². The Hall–Kier alpha value is -0.610. The molecule has 2 atom stereocenters. The van der Waals surface area contributed by atoms with Gasteiger partial charge in [0.2, 0.25) is 5.91 Å². The summed E-state index contributed by atoms with van der Waals surface area (Å²) in [5.74, 6) is 1.09. The molecular formula is C14H29N3O. The minimum absolute atomic E-state index is 0.159. The molecule has 1 saturated heterocycles. The number of nitrogens with one attached hydrogen (secondary N) is 1. The van der Waals surface area contributed by atoms with Crippen LogP contribution in [0, 0.1) is 11.8 Å². The van der Waals surface area contributed by atoms with E-state index in [0.717, 1.165) is 19.5 Å². The van der Waals surface area contributed by atoms with E-state index in [-0.39, 0.29) is 5.91 Å². The van der Waals surface area contributed by atoms with E-state index in [1.807, 2.05) is 0 Å². The van der Waals surface area contributed by atoms with Crippen LogP contribution in [0.1, 0.15) is 39.5 Å². The monoisotopic (exact) mass is 255 g/mol. The van der Waals surface area contributed by atoms with Gasteiger partial charge in [-0.3, -0.25) is 4.79 Å². The molecule has 0 saturated carbocycles. The summed E-state index contributed by atoms with van der Waals surface area (Å²) >= 11 is 0. The number of hydrogen-bond donors (Lipinski definition) is 2. The third-order valence-corrected chi connectivity index (χ3v) is 3.82. The summed E-state index contributed by atoms with van der Waals surface area (Å²) in [5, 5.41) is 3.06. The smallest absolute Gasteiger partial charge is 0.220 e. The van der Waals surface area contributed by atoms with Crippen molar-refractivity contribution in [2.75, 3.05) is 26.7 Å². The quantitative estimate of drug-likeness (QED) is 0.719. The van der Waals surface area contributed by atoms with E-state index in [9.17, 15) is 4.79 Å². The molecule has 4 nitrogen and oxygen atoms in total. The Morgan fingerprint density at radius 2 is 2.22 bits per heavy atom. The van der Waals surface area contributed by atoms with Crippen molar-refractivity contribution in [1.29, 1.82) is 0 Å². The average Bonchev–Trinajstić information content (AvgIpc) is 2.70. The highest BCUT2D eigenvalue weighted by atomic mass is 16.1. The number of nitrogens with two attached hydrogens (primary N) is 1. The minimum Gasteiger partial charge on any atom is -0.355 e. The molecule has 1 heterocycles. The summed E-state index contributed by atoms with van der Waals surface area (Å²) in [6.07, 6.45) is 4.05. The summed E-state index contributed by atoms with van der Waals surface area (Å²) in [6.45, 7) is 6.89. The molecule has 0 aromatic rings. The Morgan fingerprint density at radius 1 is 1.50 bits per heavy atom. The number of hydrogen-bond acceptors (Lipinski definition) is 3. The van der Waals surface area contributed by atoms with Crippen molar-refractivity contribution in [2.24, 2.45) is 17.6 Å². The van der Waals surface area contributed by atoms with Crippen molar-refractivity contribution in [3.63, 3.8) is 0 Å². The molecule has 1 amide bonds. The van der Waals surface area contributed by atoms with Crippen LogP contribution >= 0.6 is 0 Å². The highest BCUT2D eigenvalue weighted by Gasteiger charge is 2.21. The fourth-order valence-corrected chi connectivity index (χ4v) is 2.73. The van der Waals surface area contributed by atoms with E-state index >= 15 is 0 Å². The van der Waals surface area contributed by atoms with Crippen molar-refractivity contribution < 1.29 is 4.79 Å². The summed E-state index contributed by atoms with van der Waals surface area (Å²) in [4.78, 5) is 14.2. The number of likely N-dealkylation sites (N-methyl/N-ethyl adjacent to an activating group) is 1. The molecule has 0 aromatic heterocycles. The normalized spacial score (nSPS) is 22.4. The summed E-state index contributed by atoms with van der Waals surface area (Å²) in [7, 11) is 2.13. The fraction of sp³-hybridized carbons (Fsp3) is 0.929. The number of nitrogens with zero attached hydrogens (tertiary/aromatic N) is 1. The van der Waals surface area contributed by atoms with Crippen LogP contribution in [-0.2, 0) is 4.79 Å². The van der Waals surface area contributed by atoms with E-state index in [1.165, 1.54) is 12.8 Å². The van der Waals surface area contributed by atoms with Crippen LogP contribution in [0.3, 0.4) is 0 Å². The predicted octanol–water partition coefficient (Wildman–Crippen LogP) is 1.21. The Bertz CT molecular complexity index is 255. The first-order chi connectivity index (χ1) is 8.52. The van der Waals surface area contributed by atoms with Gasteiger partial charge in [-0.2, -0.15) is 0 Å².